The van der Waals surface area contributed by atoms with E-state index in [0.717, 1.165) is 19.5 Å². The molecule has 110 valence electrons. The Morgan fingerprint density at radius 1 is 1.50 bits per heavy atom. The van der Waals surface area contributed by atoms with Gasteiger partial charge in [0.15, 0.2) is 10.3 Å². The summed E-state index contributed by atoms with van der Waals surface area (Å²) in [5.74, 6) is -0.172. The fourth-order valence-corrected chi connectivity index (χ4v) is 2.95. The second kappa shape index (κ2) is 6.70. The molecule has 1 fully saturated rings. The summed E-state index contributed by atoms with van der Waals surface area (Å²) >= 11 is 11.7. The van der Waals surface area contributed by atoms with Gasteiger partial charge in [0.05, 0.1) is 5.56 Å². The summed E-state index contributed by atoms with van der Waals surface area (Å²) in [5, 5.41) is 7.54. The zero-order valence-corrected chi connectivity index (χ0v) is 13.2. The number of hydrogen-bond acceptors (Lipinski definition) is 4. The third-order valence-corrected chi connectivity index (χ3v) is 4.15. The molecule has 0 saturated carbocycles. The molecule has 1 aromatic rings. The van der Waals surface area contributed by atoms with Crippen molar-refractivity contribution >= 4 is 29.1 Å². The third kappa shape index (κ3) is 3.40. The Balaban J connectivity index is 2.07. The lowest BCUT2D eigenvalue weighted by Gasteiger charge is -2.27. The second-order valence-electron chi connectivity index (χ2n) is 4.98. The minimum absolute atomic E-state index is 0.0880. The molecular weight excluding hydrogens is 299 g/mol. The van der Waals surface area contributed by atoms with Crippen LogP contribution in [0.3, 0.4) is 0 Å². The summed E-state index contributed by atoms with van der Waals surface area (Å²) in [5.41, 5.74) is 0.301. The van der Waals surface area contributed by atoms with Crippen LogP contribution in [0.4, 0.5) is 0 Å². The largest absolute Gasteiger partial charge is 0.340 e. The first kappa shape index (κ1) is 15.5. The van der Waals surface area contributed by atoms with E-state index in [1.807, 2.05) is 0 Å². The maximum atomic E-state index is 12.4. The fourth-order valence-electron chi connectivity index (χ4n) is 2.63. The van der Waals surface area contributed by atoms with Crippen LogP contribution in [0.25, 0.3) is 0 Å². The predicted molar refractivity (Wildman–Crippen MR) is 79.3 cm³/mol. The van der Waals surface area contributed by atoms with E-state index in [1.165, 1.54) is 12.5 Å². The van der Waals surface area contributed by atoms with Gasteiger partial charge in [-0.3, -0.25) is 9.69 Å². The zero-order valence-electron chi connectivity index (χ0n) is 11.6. The Morgan fingerprint density at radius 3 is 2.95 bits per heavy atom. The van der Waals surface area contributed by atoms with Crippen molar-refractivity contribution < 1.29 is 4.79 Å². The molecule has 1 unspecified atom stereocenters. The van der Waals surface area contributed by atoms with Crippen LogP contribution < -0.4 is 0 Å². The van der Waals surface area contributed by atoms with E-state index in [0.29, 0.717) is 18.2 Å². The molecule has 1 saturated heterocycles. The number of hydrogen-bond donors (Lipinski definition) is 0. The van der Waals surface area contributed by atoms with Crippen LogP contribution in [0, 0.1) is 0 Å². The Labute approximate surface area is 128 Å². The maximum absolute atomic E-state index is 12.4. The third-order valence-electron chi connectivity index (χ3n) is 3.69. The smallest absolute Gasteiger partial charge is 0.256 e. The minimum atomic E-state index is -0.172. The van der Waals surface area contributed by atoms with Crippen molar-refractivity contribution in [2.24, 2.45) is 0 Å². The lowest BCUT2D eigenvalue weighted by Crippen LogP contribution is -2.41. The summed E-state index contributed by atoms with van der Waals surface area (Å²) in [6.07, 6.45) is 2.30. The molecule has 20 heavy (non-hydrogen) atoms. The molecule has 0 radical (unpaired) electrons. The molecule has 2 heterocycles. The summed E-state index contributed by atoms with van der Waals surface area (Å²) < 4.78 is 0. The number of likely N-dealkylation sites (N-methyl/N-ethyl adjacent to an activating group) is 2. The quantitative estimate of drug-likeness (QED) is 0.855. The fraction of sp³-hybridized carbons (Fsp3) is 0.615. The first-order chi connectivity index (χ1) is 9.52. The van der Waals surface area contributed by atoms with E-state index in [9.17, 15) is 4.79 Å². The van der Waals surface area contributed by atoms with Gasteiger partial charge in [0.25, 0.3) is 5.91 Å². The highest BCUT2D eigenvalue weighted by atomic mass is 35.5. The van der Waals surface area contributed by atoms with E-state index < -0.39 is 0 Å². The summed E-state index contributed by atoms with van der Waals surface area (Å²) in [7, 11) is 1.78. The highest BCUT2D eigenvalue weighted by molar-refractivity contribution is 6.34. The SMILES string of the molecule is CCN1CCCC1CN(C)C(=O)c1cc(Cl)nnc1Cl. The summed E-state index contributed by atoms with van der Waals surface area (Å²) in [6.45, 7) is 4.94. The highest BCUT2D eigenvalue weighted by Gasteiger charge is 2.26. The van der Waals surface area contributed by atoms with Gasteiger partial charge in [0, 0.05) is 19.6 Å². The molecule has 1 atom stereocenters. The average Bonchev–Trinajstić information content (AvgIpc) is 2.87. The van der Waals surface area contributed by atoms with Crippen LogP contribution in [-0.2, 0) is 0 Å². The van der Waals surface area contributed by atoms with Gasteiger partial charge < -0.3 is 4.90 Å². The van der Waals surface area contributed by atoms with Crippen LogP contribution in [0.15, 0.2) is 6.07 Å². The first-order valence-electron chi connectivity index (χ1n) is 6.71. The van der Waals surface area contributed by atoms with E-state index in [1.54, 1.807) is 11.9 Å². The molecule has 0 aliphatic carbocycles. The zero-order chi connectivity index (χ0) is 14.7. The number of rotatable bonds is 4. The molecule has 1 amide bonds. The lowest BCUT2D eigenvalue weighted by molar-refractivity contribution is 0.0754. The first-order valence-corrected chi connectivity index (χ1v) is 7.46. The number of amides is 1. The number of aromatic nitrogens is 2. The summed E-state index contributed by atoms with van der Waals surface area (Å²) in [6, 6.07) is 1.88. The van der Waals surface area contributed by atoms with Crippen LogP contribution >= 0.6 is 23.2 Å². The Bertz CT molecular complexity index is 497. The van der Waals surface area contributed by atoms with Crippen molar-refractivity contribution in [2.45, 2.75) is 25.8 Å². The lowest BCUT2D eigenvalue weighted by atomic mass is 10.2. The molecule has 0 aromatic carbocycles. The van der Waals surface area contributed by atoms with Gasteiger partial charge in [0.1, 0.15) is 0 Å². The maximum Gasteiger partial charge on any atom is 0.256 e. The minimum Gasteiger partial charge on any atom is -0.340 e. The van der Waals surface area contributed by atoms with Gasteiger partial charge in [-0.15, -0.1) is 10.2 Å². The monoisotopic (exact) mass is 316 g/mol. The van der Waals surface area contributed by atoms with Gasteiger partial charge in [-0.05, 0) is 32.0 Å². The standard InChI is InChI=1S/C13H18Cl2N4O/c1-3-19-6-4-5-9(19)8-18(2)13(20)10-7-11(14)16-17-12(10)15/h7,9H,3-6,8H2,1-2H3. The van der Waals surface area contributed by atoms with Gasteiger partial charge >= 0.3 is 0 Å². The topological polar surface area (TPSA) is 49.3 Å². The Morgan fingerprint density at radius 2 is 2.25 bits per heavy atom. The predicted octanol–water partition coefficient (Wildman–Crippen LogP) is 2.34. The molecule has 5 nitrogen and oxygen atoms in total. The van der Waals surface area contributed by atoms with Crippen LogP contribution in [0.5, 0.6) is 0 Å². The van der Waals surface area contributed by atoms with E-state index in [2.05, 4.69) is 22.0 Å². The van der Waals surface area contributed by atoms with E-state index in [4.69, 9.17) is 23.2 Å². The van der Waals surface area contributed by atoms with Gasteiger partial charge in [-0.25, -0.2) is 0 Å². The van der Waals surface area contributed by atoms with Crippen molar-refractivity contribution in [3.63, 3.8) is 0 Å². The molecule has 0 N–H and O–H groups in total. The van der Waals surface area contributed by atoms with Crippen molar-refractivity contribution in [2.75, 3.05) is 26.7 Å². The van der Waals surface area contributed by atoms with Crippen LogP contribution in [0.1, 0.15) is 30.1 Å². The molecule has 0 spiro atoms. The Kier molecular flexibility index (Phi) is 5.18. The second-order valence-corrected chi connectivity index (χ2v) is 5.73. The molecule has 7 heteroatoms. The molecule has 0 bridgehead atoms. The number of carbonyl (C=O) groups excluding carboxylic acids is 1. The molecule has 1 aromatic heterocycles. The Hall–Kier alpha value is -0.910. The van der Waals surface area contributed by atoms with E-state index >= 15 is 0 Å². The molecular formula is C13H18Cl2N4O. The molecule has 1 aliphatic rings. The van der Waals surface area contributed by atoms with Gasteiger partial charge in [-0.2, -0.15) is 0 Å². The van der Waals surface area contributed by atoms with E-state index in [-0.39, 0.29) is 16.2 Å². The summed E-state index contributed by atoms with van der Waals surface area (Å²) in [4.78, 5) is 16.5. The molecule has 2 rings (SSSR count). The van der Waals surface area contributed by atoms with Crippen molar-refractivity contribution in [3.8, 4) is 0 Å². The highest BCUT2D eigenvalue weighted by Crippen LogP contribution is 2.20. The van der Waals surface area contributed by atoms with Gasteiger partial charge in [0.2, 0.25) is 0 Å². The van der Waals surface area contributed by atoms with Gasteiger partial charge in [-0.1, -0.05) is 30.1 Å². The molecule has 1 aliphatic heterocycles. The average molecular weight is 317 g/mol. The van der Waals surface area contributed by atoms with Crippen LogP contribution in [0.2, 0.25) is 10.3 Å². The van der Waals surface area contributed by atoms with Crippen molar-refractivity contribution in [3.05, 3.63) is 21.9 Å². The number of halogens is 2. The van der Waals surface area contributed by atoms with Crippen molar-refractivity contribution in [1.29, 1.82) is 0 Å². The number of likely N-dealkylation sites (tertiary alicyclic amines) is 1. The number of carbonyl (C=O) groups is 1. The van der Waals surface area contributed by atoms with Crippen molar-refractivity contribution in [1.82, 2.24) is 20.0 Å². The number of nitrogens with zero attached hydrogens (tertiary/aromatic N) is 4. The normalized spacial score (nSPS) is 19.3. The van der Waals surface area contributed by atoms with Crippen LogP contribution in [-0.4, -0.2) is 58.6 Å².